The van der Waals surface area contributed by atoms with Crippen LogP contribution < -0.4 is 15.8 Å². The van der Waals surface area contributed by atoms with Gasteiger partial charge in [-0.25, -0.2) is 18.1 Å². The zero-order valence-corrected chi connectivity index (χ0v) is 14.7. The maximum Gasteiger partial charge on any atom is 0.250 e. The van der Waals surface area contributed by atoms with Crippen LogP contribution in [0.4, 0.5) is 11.8 Å². The number of aromatic nitrogens is 2. The normalized spacial score (nSPS) is 21.0. The van der Waals surface area contributed by atoms with E-state index in [4.69, 9.17) is 17.3 Å². The highest BCUT2D eigenvalue weighted by Gasteiger charge is 2.35. The van der Waals surface area contributed by atoms with Gasteiger partial charge in [0.15, 0.2) is 0 Å². The van der Waals surface area contributed by atoms with Crippen LogP contribution in [0.5, 0.6) is 0 Å². The van der Waals surface area contributed by atoms with Crippen molar-refractivity contribution in [1.29, 1.82) is 0 Å². The van der Waals surface area contributed by atoms with E-state index in [9.17, 15) is 8.42 Å². The second kappa shape index (κ2) is 6.23. The van der Waals surface area contributed by atoms with Crippen LogP contribution in [0.2, 0.25) is 4.34 Å². The minimum atomic E-state index is -3.51. The summed E-state index contributed by atoms with van der Waals surface area (Å²) < 4.78 is 27.8. The molecular weight excluding hydrogens is 358 g/mol. The Morgan fingerprint density at radius 3 is 2.70 bits per heavy atom. The summed E-state index contributed by atoms with van der Waals surface area (Å²) in [5.41, 5.74) is 6.51. The molecule has 0 bridgehead atoms. The van der Waals surface area contributed by atoms with Crippen LogP contribution in [0.3, 0.4) is 0 Å². The number of hydrogen-bond donors (Lipinski definition) is 3. The lowest BCUT2D eigenvalue weighted by atomic mass is 9.78. The van der Waals surface area contributed by atoms with Gasteiger partial charge in [-0.1, -0.05) is 11.6 Å². The number of sulfonamides is 1. The number of thiophene rings is 1. The van der Waals surface area contributed by atoms with Crippen LogP contribution in [0.15, 0.2) is 22.4 Å². The second-order valence-electron chi connectivity index (χ2n) is 5.33. The van der Waals surface area contributed by atoms with Gasteiger partial charge in [0.1, 0.15) is 10.0 Å². The van der Waals surface area contributed by atoms with Crippen LogP contribution in [0, 0.1) is 0 Å². The molecule has 1 aliphatic carbocycles. The highest BCUT2D eigenvalue weighted by Crippen LogP contribution is 2.38. The molecule has 0 aliphatic heterocycles. The van der Waals surface area contributed by atoms with E-state index < -0.39 is 10.0 Å². The van der Waals surface area contributed by atoms with Gasteiger partial charge in [-0.3, -0.25) is 0 Å². The fourth-order valence-electron chi connectivity index (χ4n) is 2.50. The number of halogens is 1. The molecule has 3 rings (SSSR count). The van der Waals surface area contributed by atoms with Gasteiger partial charge < -0.3 is 11.1 Å². The van der Waals surface area contributed by atoms with Crippen LogP contribution in [0.1, 0.15) is 24.5 Å². The molecule has 0 spiro atoms. The van der Waals surface area contributed by atoms with Crippen molar-refractivity contribution < 1.29 is 8.42 Å². The zero-order valence-electron chi connectivity index (χ0n) is 12.3. The standard InChI is InChI=1S/C13H16ClN5O2S2/c1-16-11-6-9(17-13(15)18-11)7-4-8(5-7)19-23(20,21)12-3-2-10(14)22-12/h2-3,6-8,19H,4-5H2,1H3,(H3,15,16,17,18). The van der Waals surface area contributed by atoms with Crippen molar-refractivity contribution in [3.63, 3.8) is 0 Å². The lowest BCUT2D eigenvalue weighted by molar-refractivity contribution is 0.321. The van der Waals surface area contributed by atoms with E-state index in [1.807, 2.05) is 6.07 Å². The van der Waals surface area contributed by atoms with Gasteiger partial charge in [0.25, 0.3) is 0 Å². The Balaban J connectivity index is 1.64. The summed E-state index contributed by atoms with van der Waals surface area (Å²) in [6, 6.07) is 4.81. The number of nitrogens with two attached hydrogens (primary N) is 1. The number of nitrogens with one attached hydrogen (secondary N) is 2. The van der Waals surface area contributed by atoms with E-state index in [2.05, 4.69) is 20.0 Å². The van der Waals surface area contributed by atoms with Gasteiger partial charge in [0.2, 0.25) is 16.0 Å². The first-order valence-electron chi connectivity index (χ1n) is 6.97. The maximum atomic E-state index is 12.2. The van der Waals surface area contributed by atoms with Crippen molar-refractivity contribution in [3.05, 3.63) is 28.2 Å². The first-order valence-corrected chi connectivity index (χ1v) is 9.65. The van der Waals surface area contributed by atoms with Crippen LogP contribution in [-0.4, -0.2) is 31.5 Å². The molecule has 0 saturated heterocycles. The number of anilines is 2. The quantitative estimate of drug-likeness (QED) is 0.739. The van der Waals surface area contributed by atoms with Crippen molar-refractivity contribution in [2.75, 3.05) is 18.1 Å². The third-order valence-corrected chi connectivity index (χ3v) is 6.95. The first kappa shape index (κ1) is 16.4. The number of rotatable bonds is 5. The molecule has 4 N–H and O–H groups in total. The van der Waals surface area contributed by atoms with E-state index in [0.717, 1.165) is 17.0 Å². The molecule has 0 radical (unpaired) electrons. The van der Waals surface area contributed by atoms with Gasteiger partial charge in [0, 0.05) is 25.1 Å². The van der Waals surface area contributed by atoms with Gasteiger partial charge in [0.05, 0.1) is 10.0 Å². The van der Waals surface area contributed by atoms with Crippen molar-refractivity contribution >= 4 is 44.7 Å². The summed E-state index contributed by atoms with van der Waals surface area (Å²) in [6.45, 7) is 0. The van der Waals surface area contributed by atoms with Crippen molar-refractivity contribution in [2.45, 2.75) is 29.0 Å². The second-order valence-corrected chi connectivity index (χ2v) is 8.99. The summed E-state index contributed by atoms with van der Waals surface area (Å²) in [7, 11) is -1.75. The van der Waals surface area contributed by atoms with E-state index in [0.29, 0.717) is 23.0 Å². The fraction of sp³-hybridized carbons (Fsp3) is 0.385. The van der Waals surface area contributed by atoms with E-state index in [-0.39, 0.29) is 22.1 Å². The summed E-state index contributed by atoms with van der Waals surface area (Å²) in [5.74, 6) is 1.04. The van der Waals surface area contributed by atoms with Gasteiger partial charge in [-0.15, -0.1) is 11.3 Å². The minimum Gasteiger partial charge on any atom is -0.373 e. The van der Waals surface area contributed by atoms with Crippen molar-refractivity contribution in [1.82, 2.24) is 14.7 Å². The Kier molecular flexibility index (Phi) is 4.45. The largest absolute Gasteiger partial charge is 0.373 e. The molecule has 10 heteroatoms. The number of nitrogens with zero attached hydrogens (tertiary/aromatic N) is 2. The molecule has 1 aliphatic rings. The van der Waals surface area contributed by atoms with Crippen molar-refractivity contribution in [3.8, 4) is 0 Å². The van der Waals surface area contributed by atoms with E-state index in [1.165, 1.54) is 6.07 Å². The Labute approximate surface area is 143 Å². The lowest BCUT2D eigenvalue weighted by Crippen LogP contribution is -2.43. The van der Waals surface area contributed by atoms with Crippen LogP contribution in [-0.2, 0) is 10.0 Å². The molecule has 0 atom stereocenters. The predicted molar refractivity (Wildman–Crippen MR) is 91.4 cm³/mol. The molecule has 0 unspecified atom stereocenters. The Morgan fingerprint density at radius 1 is 1.35 bits per heavy atom. The number of nitrogen functional groups attached to an aromatic ring is 1. The zero-order chi connectivity index (χ0) is 16.6. The summed E-state index contributed by atoms with van der Waals surface area (Å²) in [4.78, 5) is 8.28. The van der Waals surface area contributed by atoms with Gasteiger partial charge in [-0.05, 0) is 25.0 Å². The monoisotopic (exact) mass is 373 g/mol. The third kappa shape index (κ3) is 3.57. The molecule has 0 aromatic carbocycles. The minimum absolute atomic E-state index is 0.111. The molecule has 124 valence electrons. The highest BCUT2D eigenvalue weighted by atomic mass is 35.5. The smallest absolute Gasteiger partial charge is 0.250 e. The molecule has 0 amide bonds. The average Bonchev–Trinajstić information content (AvgIpc) is 2.89. The molecular formula is C13H16ClN5O2S2. The highest BCUT2D eigenvalue weighted by molar-refractivity contribution is 7.91. The van der Waals surface area contributed by atoms with Crippen LogP contribution >= 0.6 is 22.9 Å². The number of hydrogen-bond acceptors (Lipinski definition) is 7. The Hall–Kier alpha value is -1.42. The third-order valence-electron chi connectivity index (χ3n) is 3.71. The van der Waals surface area contributed by atoms with Crippen molar-refractivity contribution in [2.24, 2.45) is 0 Å². The summed E-state index contributed by atoms with van der Waals surface area (Å²) in [5, 5.41) is 2.93. The molecule has 23 heavy (non-hydrogen) atoms. The molecule has 2 aromatic heterocycles. The molecule has 2 heterocycles. The van der Waals surface area contributed by atoms with Gasteiger partial charge >= 0.3 is 0 Å². The lowest BCUT2D eigenvalue weighted by Gasteiger charge is -2.35. The maximum absolute atomic E-state index is 12.2. The Bertz CT molecular complexity index is 818. The first-order chi connectivity index (χ1) is 10.9. The molecule has 1 saturated carbocycles. The SMILES string of the molecule is CNc1cc(C2CC(NS(=O)(=O)c3ccc(Cl)s3)C2)nc(N)n1. The predicted octanol–water partition coefficient (Wildman–Crippen LogP) is 2.04. The molecule has 7 nitrogen and oxygen atoms in total. The average molecular weight is 374 g/mol. The summed E-state index contributed by atoms with van der Waals surface area (Å²) in [6.07, 6.45) is 1.36. The molecule has 1 fully saturated rings. The molecule has 2 aromatic rings. The van der Waals surface area contributed by atoms with Crippen LogP contribution in [0.25, 0.3) is 0 Å². The Morgan fingerprint density at radius 2 is 2.09 bits per heavy atom. The van der Waals surface area contributed by atoms with E-state index >= 15 is 0 Å². The van der Waals surface area contributed by atoms with E-state index in [1.54, 1.807) is 13.1 Å². The topological polar surface area (TPSA) is 110 Å². The fourth-order valence-corrected chi connectivity index (χ4v) is 5.26. The van der Waals surface area contributed by atoms with Gasteiger partial charge in [-0.2, -0.15) is 4.98 Å². The summed E-state index contributed by atoms with van der Waals surface area (Å²) >= 11 is 6.84.